The quantitative estimate of drug-likeness (QED) is 0.922. The molecule has 5 heteroatoms. The van der Waals surface area contributed by atoms with E-state index < -0.39 is 0 Å². The summed E-state index contributed by atoms with van der Waals surface area (Å²) in [7, 11) is 0. The van der Waals surface area contributed by atoms with Gasteiger partial charge in [0.05, 0.1) is 11.0 Å². The molecular formula is C14H16FN3O. The Labute approximate surface area is 110 Å². The van der Waals surface area contributed by atoms with E-state index in [-0.39, 0.29) is 11.2 Å². The fourth-order valence-electron chi connectivity index (χ4n) is 2.75. The molecule has 0 aliphatic heterocycles. The summed E-state index contributed by atoms with van der Waals surface area (Å²) in [4.78, 5) is 4.37. The monoisotopic (exact) mass is 261 g/mol. The van der Waals surface area contributed by atoms with Crippen LogP contribution in [-0.4, -0.2) is 16.7 Å². The SMILES string of the molecule is NCC1(c2nc(-c3ccccc3F)no2)CCCC1. The average molecular weight is 261 g/mol. The van der Waals surface area contributed by atoms with Gasteiger partial charge < -0.3 is 10.3 Å². The van der Waals surface area contributed by atoms with Crippen LogP contribution in [0.1, 0.15) is 31.6 Å². The third-order valence-corrected chi connectivity index (χ3v) is 3.95. The maximum absolute atomic E-state index is 13.7. The van der Waals surface area contributed by atoms with Crippen LogP contribution in [0.25, 0.3) is 11.4 Å². The third-order valence-electron chi connectivity index (χ3n) is 3.95. The summed E-state index contributed by atoms with van der Waals surface area (Å²) in [5.74, 6) is 0.502. The number of nitrogens with zero attached hydrogens (tertiary/aromatic N) is 2. The van der Waals surface area contributed by atoms with E-state index in [0.29, 0.717) is 23.8 Å². The number of hydrogen-bond acceptors (Lipinski definition) is 4. The molecule has 0 radical (unpaired) electrons. The molecule has 100 valence electrons. The molecule has 2 aromatic rings. The molecule has 0 atom stereocenters. The van der Waals surface area contributed by atoms with Crippen molar-refractivity contribution in [3.05, 3.63) is 36.0 Å². The summed E-state index contributed by atoms with van der Waals surface area (Å²) in [6.07, 6.45) is 4.16. The number of rotatable bonds is 3. The highest BCUT2D eigenvalue weighted by molar-refractivity contribution is 5.54. The van der Waals surface area contributed by atoms with Crippen LogP contribution in [0.3, 0.4) is 0 Å². The standard InChI is InChI=1S/C14H16FN3O/c15-11-6-2-1-5-10(11)12-17-13(19-18-12)14(9-16)7-3-4-8-14/h1-2,5-6H,3-4,7-9,16H2. The van der Waals surface area contributed by atoms with Gasteiger partial charge in [0.2, 0.25) is 11.7 Å². The first-order valence-corrected chi connectivity index (χ1v) is 6.54. The second-order valence-corrected chi connectivity index (χ2v) is 5.09. The molecule has 19 heavy (non-hydrogen) atoms. The van der Waals surface area contributed by atoms with Crippen molar-refractivity contribution in [2.24, 2.45) is 5.73 Å². The van der Waals surface area contributed by atoms with Gasteiger partial charge >= 0.3 is 0 Å². The van der Waals surface area contributed by atoms with Crippen LogP contribution in [0.5, 0.6) is 0 Å². The normalized spacial score (nSPS) is 17.8. The fraction of sp³-hybridized carbons (Fsp3) is 0.429. The van der Waals surface area contributed by atoms with Crippen molar-refractivity contribution in [3.63, 3.8) is 0 Å². The van der Waals surface area contributed by atoms with Crippen molar-refractivity contribution in [1.29, 1.82) is 0 Å². The van der Waals surface area contributed by atoms with Gasteiger partial charge in [0.25, 0.3) is 0 Å². The number of hydrogen-bond donors (Lipinski definition) is 1. The minimum atomic E-state index is -0.344. The van der Waals surface area contributed by atoms with Gasteiger partial charge in [0.15, 0.2) is 0 Å². The zero-order valence-corrected chi connectivity index (χ0v) is 10.6. The van der Waals surface area contributed by atoms with Crippen LogP contribution in [0.15, 0.2) is 28.8 Å². The Morgan fingerprint density at radius 2 is 2.00 bits per heavy atom. The van der Waals surface area contributed by atoms with E-state index in [4.69, 9.17) is 10.3 Å². The molecule has 0 spiro atoms. The van der Waals surface area contributed by atoms with Crippen LogP contribution < -0.4 is 5.73 Å². The minimum Gasteiger partial charge on any atom is -0.338 e. The van der Waals surface area contributed by atoms with E-state index in [1.54, 1.807) is 18.2 Å². The molecular weight excluding hydrogens is 245 g/mol. The molecule has 1 aromatic heterocycles. The number of nitrogens with two attached hydrogens (primary N) is 1. The second-order valence-electron chi connectivity index (χ2n) is 5.09. The van der Waals surface area contributed by atoms with Crippen molar-refractivity contribution < 1.29 is 8.91 Å². The van der Waals surface area contributed by atoms with Crippen LogP contribution in [0.2, 0.25) is 0 Å². The van der Waals surface area contributed by atoms with E-state index in [2.05, 4.69) is 10.1 Å². The second kappa shape index (κ2) is 4.74. The van der Waals surface area contributed by atoms with E-state index >= 15 is 0 Å². The summed E-state index contributed by atoms with van der Waals surface area (Å²) in [5, 5.41) is 3.90. The van der Waals surface area contributed by atoms with Crippen molar-refractivity contribution in [2.75, 3.05) is 6.54 Å². The summed E-state index contributed by atoms with van der Waals surface area (Å²) in [6, 6.07) is 6.42. The van der Waals surface area contributed by atoms with Gasteiger partial charge in [-0.1, -0.05) is 30.1 Å². The lowest BCUT2D eigenvalue weighted by atomic mass is 9.86. The molecule has 1 fully saturated rings. The predicted octanol–water partition coefficient (Wildman–Crippen LogP) is 2.65. The zero-order chi connectivity index (χ0) is 13.3. The number of aromatic nitrogens is 2. The topological polar surface area (TPSA) is 64.9 Å². The fourth-order valence-corrected chi connectivity index (χ4v) is 2.75. The highest BCUT2D eigenvalue weighted by Gasteiger charge is 2.39. The van der Waals surface area contributed by atoms with Crippen molar-refractivity contribution in [1.82, 2.24) is 10.1 Å². The minimum absolute atomic E-state index is 0.212. The molecule has 3 rings (SSSR count). The maximum atomic E-state index is 13.7. The van der Waals surface area contributed by atoms with Crippen LogP contribution >= 0.6 is 0 Å². The predicted molar refractivity (Wildman–Crippen MR) is 68.9 cm³/mol. The van der Waals surface area contributed by atoms with Gasteiger partial charge in [0, 0.05) is 6.54 Å². The van der Waals surface area contributed by atoms with Crippen LogP contribution in [0, 0.1) is 5.82 Å². The molecule has 1 aliphatic carbocycles. The highest BCUT2D eigenvalue weighted by Crippen LogP contribution is 2.39. The van der Waals surface area contributed by atoms with Crippen LogP contribution in [-0.2, 0) is 5.41 Å². The Morgan fingerprint density at radius 1 is 1.26 bits per heavy atom. The van der Waals surface area contributed by atoms with Gasteiger partial charge in [-0.3, -0.25) is 0 Å². The number of benzene rings is 1. The molecule has 1 aliphatic rings. The Kier molecular flexibility index (Phi) is 3.06. The van der Waals surface area contributed by atoms with Gasteiger partial charge in [0.1, 0.15) is 5.82 Å². The smallest absolute Gasteiger partial charge is 0.234 e. The first-order valence-electron chi connectivity index (χ1n) is 6.54. The van der Waals surface area contributed by atoms with Crippen molar-refractivity contribution in [3.8, 4) is 11.4 Å². The van der Waals surface area contributed by atoms with E-state index in [1.807, 2.05) is 0 Å². The molecule has 1 aromatic carbocycles. The lowest BCUT2D eigenvalue weighted by Gasteiger charge is -2.21. The molecule has 0 bridgehead atoms. The third kappa shape index (κ3) is 2.04. The van der Waals surface area contributed by atoms with E-state index in [1.165, 1.54) is 6.07 Å². The van der Waals surface area contributed by atoms with E-state index in [0.717, 1.165) is 25.7 Å². The lowest BCUT2D eigenvalue weighted by molar-refractivity contribution is 0.284. The number of halogens is 1. The molecule has 0 saturated heterocycles. The van der Waals surface area contributed by atoms with Gasteiger partial charge in [-0.15, -0.1) is 0 Å². The molecule has 1 saturated carbocycles. The van der Waals surface area contributed by atoms with Gasteiger partial charge in [-0.2, -0.15) is 4.98 Å². The zero-order valence-electron chi connectivity index (χ0n) is 10.6. The molecule has 2 N–H and O–H groups in total. The maximum Gasteiger partial charge on any atom is 0.234 e. The molecule has 0 unspecified atom stereocenters. The van der Waals surface area contributed by atoms with Gasteiger partial charge in [-0.25, -0.2) is 4.39 Å². The largest absolute Gasteiger partial charge is 0.338 e. The first-order chi connectivity index (χ1) is 9.25. The Balaban J connectivity index is 1.98. The summed E-state index contributed by atoms with van der Waals surface area (Å²) >= 11 is 0. The van der Waals surface area contributed by atoms with Crippen molar-refractivity contribution >= 4 is 0 Å². The average Bonchev–Trinajstić information content (AvgIpc) is 3.09. The van der Waals surface area contributed by atoms with Gasteiger partial charge in [-0.05, 0) is 25.0 Å². The molecule has 4 nitrogen and oxygen atoms in total. The summed E-state index contributed by atoms with van der Waals surface area (Å²) in [6.45, 7) is 0.492. The summed E-state index contributed by atoms with van der Waals surface area (Å²) < 4.78 is 19.0. The van der Waals surface area contributed by atoms with E-state index in [9.17, 15) is 4.39 Å². The van der Waals surface area contributed by atoms with Crippen molar-refractivity contribution in [2.45, 2.75) is 31.1 Å². The lowest BCUT2D eigenvalue weighted by Crippen LogP contribution is -2.32. The summed E-state index contributed by atoms with van der Waals surface area (Å²) in [5.41, 5.74) is 6.03. The molecule has 0 amide bonds. The Hall–Kier alpha value is -1.75. The molecule has 1 heterocycles. The van der Waals surface area contributed by atoms with Crippen LogP contribution in [0.4, 0.5) is 4.39 Å². The first kappa shape index (κ1) is 12.3. The Bertz CT molecular complexity index is 576. The highest BCUT2D eigenvalue weighted by atomic mass is 19.1. The Morgan fingerprint density at radius 3 is 2.68 bits per heavy atom.